The highest BCUT2D eigenvalue weighted by atomic mass is 79.9. The maximum absolute atomic E-state index is 12.6. The maximum atomic E-state index is 12.6. The lowest BCUT2D eigenvalue weighted by Crippen LogP contribution is -2.17. The molecule has 37 heavy (non-hydrogen) atoms. The van der Waals surface area contributed by atoms with E-state index in [9.17, 15) is 4.79 Å². The lowest BCUT2D eigenvalue weighted by molar-refractivity contribution is 0.0955. The first kappa shape index (κ1) is 26.4. The second kappa shape index (κ2) is 12.5. The Morgan fingerprint density at radius 2 is 1.92 bits per heavy atom. The summed E-state index contributed by atoms with van der Waals surface area (Å²) in [5, 5.41) is 10.7. The van der Waals surface area contributed by atoms with Crippen LogP contribution in [0.5, 0.6) is 11.5 Å². The molecule has 1 heterocycles. The van der Waals surface area contributed by atoms with E-state index in [1.54, 1.807) is 37.5 Å². The number of thiazole rings is 1. The first-order valence-corrected chi connectivity index (χ1v) is 13.0. The summed E-state index contributed by atoms with van der Waals surface area (Å²) < 4.78 is 11.7. The van der Waals surface area contributed by atoms with E-state index in [1.165, 1.54) is 17.6 Å². The standard InChI is InChI=1S/C27H22BrClN4O3S/c1-3-12-36-25-14-22(28)19(13-24(25)35-2)15-30-33-26(34)18-6-4-17(5-7-18)23-16-37-27(32-23)31-21-10-8-20(29)9-11-21/h3-11,13-16H,1,12H2,2H3,(H,31,32)(H,33,34)/b30-15-. The van der Waals surface area contributed by atoms with Crippen LogP contribution in [0, 0.1) is 0 Å². The summed E-state index contributed by atoms with van der Waals surface area (Å²) in [4.78, 5) is 17.2. The number of anilines is 2. The van der Waals surface area contributed by atoms with Gasteiger partial charge in [-0.25, -0.2) is 10.4 Å². The molecule has 0 aliphatic carbocycles. The summed E-state index contributed by atoms with van der Waals surface area (Å²) in [6.45, 7) is 4.00. The number of hydrogen-bond donors (Lipinski definition) is 2. The third-order valence-corrected chi connectivity index (χ3v) is 6.75. The van der Waals surface area contributed by atoms with Gasteiger partial charge in [-0.05, 0) is 64.5 Å². The molecule has 4 aromatic rings. The molecule has 0 radical (unpaired) electrons. The van der Waals surface area contributed by atoms with E-state index in [0.717, 1.165) is 26.5 Å². The smallest absolute Gasteiger partial charge is 0.271 e. The van der Waals surface area contributed by atoms with Gasteiger partial charge in [-0.15, -0.1) is 11.3 Å². The largest absolute Gasteiger partial charge is 0.493 e. The Morgan fingerprint density at radius 3 is 2.62 bits per heavy atom. The number of aromatic nitrogens is 1. The van der Waals surface area contributed by atoms with Crippen molar-refractivity contribution in [1.29, 1.82) is 0 Å². The highest BCUT2D eigenvalue weighted by Gasteiger charge is 2.11. The Labute approximate surface area is 231 Å². The number of hydrazone groups is 1. The summed E-state index contributed by atoms with van der Waals surface area (Å²) >= 11 is 10.9. The molecule has 0 saturated heterocycles. The van der Waals surface area contributed by atoms with Gasteiger partial charge in [0.1, 0.15) is 6.61 Å². The van der Waals surface area contributed by atoms with Crippen molar-refractivity contribution in [2.75, 3.05) is 19.0 Å². The highest BCUT2D eigenvalue weighted by molar-refractivity contribution is 9.10. The molecule has 0 fully saturated rings. The summed E-state index contributed by atoms with van der Waals surface area (Å²) in [5.74, 6) is 0.783. The summed E-state index contributed by atoms with van der Waals surface area (Å²) in [7, 11) is 1.55. The molecule has 2 N–H and O–H groups in total. The molecule has 10 heteroatoms. The van der Waals surface area contributed by atoms with Gasteiger partial charge in [-0.1, -0.05) is 36.4 Å². The van der Waals surface area contributed by atoms with Gasteiger partial charge in [0.25, 0.3) is 5.91 Å². The Bertz CT molecular complexity index is 1420. The van der Waals surface area contributed by atoms with Crippen molar-refractivity contribution in [1.82, 2.24) is 10.4 Å². The summed E-state index contributed by atoms with van der Waals surface area (Å²) in [5.41, 5.74) is 6.34. The van der Waals surface area contributed by atoms with Gasteiger partial charge in [0.15, 0.2) is 16.6 Å². The summed E-state index contributed by atoms with van der Waals surface area (Å²) in [6.07, 6.45) is 3.18. The number of carbonyl (C=O) groups excluding carboxylic acids is 1. The molecule has 0 aliphatic heterocycles. The molecule has 0 saturated carbocycles. The van der Waals surface area contributed by atoms with Crippen LogP contribution in [0.3, 0.4) is 0 Å². The van der Waals surface area contributed by atoms with E-state index in [2.05, 4.69) is 43.3 Å². The molecule has 0 spiro atoms. The van der Waals surface area contributed by atoms with Crippen molar-refractivity contribution in [2.24, 2.45) is 5.10 Å². The first-order chi connectivity index (χ1) is 18.0. The van der Waals surface area contributed by atoms with Crippen molar-refractivity contribution in [3.63, 3.8) is 0 Å². The first-order valence-electron chi connectivity index (χ1n) is 11.0. The van der Waals surface area contributed by atoms with E-state index >= 15 is 0 Å². The molecule has 0 atom stereocenters. The van der Waals surface area contributed by atoms with Crippen LogP contribution in [0.4, 0.5) is 10.8 Å². The van der Waals surface area contributed by atoms with Crippen LogP contribution in [-0.4, -0.2) is 30.8 Å². The molecule has 188 valence electrons. The molecule has 4 rings (SSSR count). The van der Waals surface area contributed by atoms with Gasteiger partial charge < -0.3 is 14.8 Å². The molecule has 1 aromatic heterocycles. The van der Waals surface area contributed by atoms with Crippen molar-refractivity contribution in [2.45, 2.75) is 0 Å². The fraction of sp³-hybridized carbons (Fsp3) is 0.0741. The average Bonchev–Trinajstić information content (AvgIpc) is 3.38. The number of rotatable bonds is 10. The SMILES string of the molecule is C=CCOc1cc(Br)c(/C=N\NC(=O)c2ccc(-c3csc(Nc4ccc(Cl)cc4)n3)cc2)cc1OC. The number of amides is 1. The van der Waals surface area contributed by atoms with Crippen LogP contribution in [-0.2, 0) is 0 Å². The molecule has 0 unspecified atom stereocenters. The third kappa shape index (κ3) is 6.97. The van der Waals surface area contributed by atoms with E-state index < -0.39 is 0 Å². The number of nitrogens with one attached hydrogen (secondary N) is 2. The van der Waals surface area contributed by atoms with Crippen LogP contribution in [0.1, 0.15) is 15.9 Å². The topological polar surface area (TPSA) is 84.8 Å². The Morgan fingerprint density at radius 1 is 1.16 bits per heavy atom. The minimum absolute atomic E-state index is 0.333. The normalized spacial score (nSPS) is 10.8. The Hall–Kier alpha value is -3.66. The second-order valence-electron chi connectivity index (χ2n) is 7.57. The van der Waals surface area contributed by atoms with Crippen molar-refractivity contribution in [3.8, 4) is 22.8 Å². The average molecular weight is 598 g/mol. The minimum Gasteiger partial charge on any atom is -0.493 e. The number of ether oxygens (including phenoxy) is 2. The fourth-order valence-electron chi connectivity index (χ4n) is 3.21. The zero-order valence-electron chi connectivity index (χ0n) is 19.7. The number of methoxy groups -OCH3 is 1. The van der Waals surface area contributed by atoms with Crippen LogP contribution >= 0.6 is 38.9 Å². The lowest BCUT2D eigenvalue weighted by Gasteiger charge is -2.11. The molecule has 0 aliphatic rings. The quantitative estimate of drug-likeness (QED) is 0.114. The minimum atomic E-state index is -0.333. The van der Waals surface area contributed by atoms with Gasteiger partial charge in [-0.3, -0.25) is 4.79 Å². The second-order valence-corrected chi connectivity index (χ2v) is 9.72. The molecular formula is C27H22BrClN4O3S. The maximum Gasteiger partial charge on any atom is 0.271 e. The van der Waals surface area contributed by atoms with Gasteiger partial charge in [-0.2, -0.15) is 5.10 Å². The van der Waals surface area contributed by atoms with E-state index in [-0.39, 0.29) is 5.91 Å². The molecule has 1 amide bonds. The zero-order chi connectivity index (χ0) is 26.2. The number of benzene rings is 3. The van der Waals surface area contributed by atoms with Crippen molar-refractivity contribution < 1.29 is 14.3 Å². The van der Waals surface area contributed by atoms with Gasteiger partial charge >= 0.3 is 0 Å². The van der Waals surface area contributed by atoms with Crippen LogP contribution in [0.25, 0.3) is 11.3 Å². The van der Waals surface area contributed by atoms with Gasteiger partial charge in [0.2, 0.25) is 0 Å². The monoisotopic (exact) mass is 596 g/mol. The number of hydrogen-bond acceptors (Lipinski definition) is 7. The van der Waals surface area contributed by atoms with Gasteiger partial charge in [0, 0.05) is 37.3 Å². The number of nitrogens with zero attached hydrogens (tertiary/aromatic N) is 2. The van der Waals surface area contributed by atoms with E-state index in [0.29, 0.717) is 34.3 Å². The van der Waals surface area contributed by atoms with Crippen LogP contribution < -0.4 is 20.2 Å². The Balaban J connectivity index is 1.38. The van der Waals surface area contributed by atoms with Crippen LogP contribution in [0.15, 0.2) is 88.3 Å². The predicted octanol–water partition coefficient (Wildman–Crippen LogP) is 7.31. The van der Waals surface area contributed by atoms with E-state index in [1.807, 2.05) is 41.8 Å². The van der Waals surface area contributed by atoms with Crippen LogP contribution in [0.2, 0.25) is 5.02 Å². The lowest BCUT2D eigenvalue weighted by atomic mass is 10.1. The molecular weight excluding hydrogens is 576 g/mol. The summed E-state index contributed by atoms with van der Waals surface area (Å²) in [6, 6.07) is 18.1. The van der Waals surface area contributed by atoms with Gasteiger partial charge in [0.05, 0.1) is 19.0 Å². The number of halogens is 2. The highest BCUT2D eigenvalue weighted by Crippen LogP contribution is 2.33. The third-order valence-electron chi connectivity index (χ3n) is 5.05. The molecule has 0 bridgehead atoms. The van der Waals surface area contributed by atoms with E-state index in [4.69, 9.17) is 21.1 Å². The fourth-order valence-corrected chi connectivity index (χ4v) is 4.50. The van der Waals surface area contributed by atoms with Crippen molar-refractivity contribution >= 4 is 61.8 Å². The van der Waals surface area contributed by atoms with Crippen molar-refractivity contribution in [3.05, 3.63) is 99.3 Å². The molecule has 3 aromatic carbocycles. The zero-order valence-corrected chi connectivity index (χ0v) is 22.9. The molecule has 7 nitrogen and oxygen atoms in total. The Kier molecular flexibility index (Phi) is 8.95. The predicted molar refractivity (Wildman–Crippen MR) is 154 cm³/mol. The number of carbonyl (C=O) groups is 1.